The standard InChI is InChI=1S/C12H15NO4/c14-11(10-3-1-6-15-10)13-5-2-4-12(9-13)16-7-8-17-12/h1,3,6H,2,4-5,7-9H2. The number of carbonyl (C=O) groups is 1. The lowest BCUT2D eigenvalue weighted by Gasteiger charge is -2.38. The number of hydrogen-bond donors (Lipinski definition) is 0. The lowest BCUT2D eigenvalue weighted by atomic mass is 10.0. The predicted octanol–water partition coefficient (Wildman–Crippen LogP) is 1.26. The van der Waals surface area contributed by atoms with Crippen molar-refractivity contribution in [2.75, 3.05) is 26.3 Å². The molecule has 0 N–H and O–H groups in total. The van der Waals surface area contributed by atoms with Crippen molar-refractivity contribution in [3.8, 4) is 0 Å². The van der Waals surface area contributed by atoms with Gasteiger partial charge in [-0.15, -0.1) is 0 Å². The van der Waals surface area contributed by atoms with E-state index in [1.165, 1.54) is 6.26 Å². The summed E-state index contributed by atoms with van der Waals surface area (Å²) in [6.45, 7) is 2.45. The second-order valence-electron chi connectivity index (χ2n) is 4.42. The van der Waals surface area contributed by atoms with Crippen LogP contribution in [-0.4, -0.2) is 42.9 Å². The molecule has 3 heterocycles. The summed E-state index contributed by atoms with van der Waals surface area (Å²) in [6, 6.07) is 3.40. The van der Waals surface area contributed by atoms with Crippen LogP contribution in [0.3, 0.4) is 0 Å². The average molecular weight is 237 g/mol. The van der Waals surface area contributed by atoms with E-state index in [4.69, 9.17) is 13.9 Å². The maximum atomic E-state index is 12.1. The zero-order valence-electron chi connectivity index (χ0n) is 9.55. The van der Waals surface area contributed by atoms with E-state index in [9.17, 15) is 4.79 Å². The van der Waals surface area contributed by atoms with Crippen molar-refractivity contribution in [2.24, 2.45) is 0 Å². The molecule has 17 heavy (non-hydrogen) atoms. The van der Waals surface area contributed by atoms with E-state index in [1.54, 1.807) is 17.0 Å². The fourth-order valence-electron chi connectivity index (χ4n) is 2.45. The Labute approximate surface area is 99.3 Å². The van der Waals surface area contributed by atoms with E-state index >= 15 is 0 Å². The Bertz CT molecular complexity index is 395. The van der Waals surface area contributed by atoms with Crippen LogP contribution >= 0.6 is 0 Å². The molecule has 0 unspecified atom stereocenters. The average Bonchev–Trinajstić information content (AvgIpc) is 3.00. The highest BCUT2D eigenvalue weighted by atomic mass is 16.7. The van der Waals surface area contributed by atoms with Crippen molar-refractivity contribution >= 4 is 5.91 Å². The Balaban J connectivity index is 1.73. The summed E-state index contributed by atoms with van der Waals surface area (Å²) in [6.07, 6.45) is 3.26. The van der Waals surface area contributed by atoms with E-state index in [2.05, 4.69) is 0 Å². The quantitative estimate of drug-likeness (QED) is 0.737. The van der Waals surface area contributed by atoms with Gasteiger partial charge < -0.3 is 18.8 Å². The number of hydrogen-bond acceptors (Lipinski definition) is 4. The molecule has 2 aliphatic heterocycles. The highest BCUT2D eigenvalue weighted by Gasteiger charge is 2.42. The van der Waals surface area contributed by atoms with Crippen LogP contribution < -0.4 is 0 Å². The molecule has 2 fully saturated rings. The summed E-state index contributed by atoms with van der Waals surface area (Å²) in [7, 11) is 0. The van der Waals surface area contributed by atoms with Gasteiger partial charge in [-0.05, 0) is 18.6 Å². The number of carbonyl (C=O) groups excluding carboxylic acids is 1. The fraction of sp³-hybridized carbons (Fsp3) is 0.583. The van der Waals surface area contributed by atoms with Crippen LogP contribution in [0.1, 0.15) is 23.4 Å². The molecule has 1 aromatic rings. The van der Waals surface area contributed by atoms with Crippen LogP contribution in [0.5, 0.6) is 0 Å². The molecule has 1 amide bonds. The molecule has 0 aromatic carbocycles. The van der Waals surface area contributed by atoms with Gasteiger partial charge in [0.1, 0.15) is 0 Å². The van der Waals surface area contributed by atoms with Gasteiger partial charge in [-0.25, -0.2) is 0 Å². The van der Waals surface area contributed by atoms with Gasteiger partial charge >= 0.3 is 0 Å². The Hall–Kier alpha value is -1.33. The minimum atomic E-state index is -0.569. The molecule has 1 spiro atoms. The first-order valence-corrected chi connectivity index (χ1v) is 5.90. The van der Waals surface area contributed by atoms with Gasteiger partial charge in [-0.2, -0.15) is 0 Å². The molecule has 0 atom stereocenters. The Kier molecular flexibility index (Phi) is 2.64. The Morgan fingerprint density at radius 3 is 2.88 bits per heavy atom. The van der Waals surface area contributed by atoms with Crippen LogP contribution in [0.15, 0.2) is 22.8 Å². The maximum Gasteiger partial charge on any atom is 0.289 e. The number of nitrogens with zero attached hydrogens (tertiary/aromatic N) is 1. The summed E-state index contributed by atoms with van der Waals surface area (Å²) in [4.78, 5) is 13.9. The van der Waals surface area contributed by atoms with E-state index in [0.29, 0.717) is 25.5 Å². The molecule has 5 heteroatoms. The lowest BCUT2D eigenvalue weighted by Crippen LogP contribution is -2.50. The minimum absolute atomic E-state index is 0.0897. The normalized spacial score (nSPS) is 23.2. The van der Waals surface area contributed by atoms with E-state index in [0.717, 1.165) is 19.4 Å². The van der Waals surface area contributed by atoms with Gasteiger partial charge in [-0.1, -0.05) is 0 Å². The van der Waals surface area contributed by atoms with Crippen LogP contribution in [0.25, 0.3) is 0 Å². The number of rotatable bonds is 1. The van der Waals surface area contributed by atoms with Crippen LogP contribution in [-0.2, 0) is 9.47 Å². The number of likely N-dealkylation sites (tertiary alicyclic amines) is 1. The molecule has 2 aliphatic rings. The van der Waals surface area contributed by atoms with E-state index in [1.807, 2.05) is 0 Å². The fourth-order valence-corrected chi connectivity index (χ4v) is 2.45. The zero-order valence-corrected chi connectivity index (χ0v) is 9.55. The third-order valence-corrected chi connectivity index (χ3v) is 3.25. The molecular weight excluding hydrogens is 222 g/mol. The molecule has 0 saturated carbocycles. The van der Waals surface area contributed by atoms with Crippen molar-refractivity contribution < 1.29 is 18.7 Å². The Morgan fingerprint density at radius 2 is 2.18 bits per heavy atom. The molecule has 2 saturated heterocycles. The Morgan fingerprint density at radius 1 is 1.35 bits per heavy atom. The van der Waals surface area contributed by atoms with Crippen molar-refractivity contribution in [1.82, 2.24) is 4.90 Å². The number of piperidine rings is 1. The number of ether oxygens (including phenoxy) is 2. The number of amides is 1. The molecular formula is C12H15NO4. The third kappa shape index (κ3) is 1.96. The molecule has 3 rings (SSSR count). The van der Waals surface area contributed by atoms with Crippen molar-refractivity contribution in [3.63, 3.8) is 0 Å². The first-order valence-electron chi connectivity index (χ1n) is 5.90. The van der Waals surface area contributed by atoms with E-state index < -0.39 is 5.79 Å². The van der Waals surface area contributed by atoms with Gasteiger partial charge in [0, 0.05) is 13.0 Å². The maximum absolute atomic E-state index is 12.1. The number of furan rings is 1. The monoisotopic (exact) mass is 237 g/mol. The third-order valence-electron chi connectivity index (χ3n) is 3.25. The second-order valence-corrected chi connectivity index (χ2v) is 4.42. The van der Waals surface area contributed by atoms with Gasteiger partial charge in [0.25, 0.3) is 5.91 Å². The highest BCUT2D eigenvalue weighted by molar-refractivity contribution is 5.91. The SMILES string of the molecule is O=C(c1ccco1)N1CCCC2(C1)OCCO2. The summed E-state index contributed by atoms with van der Waals surface area (Å²) < 4.78 is 16.4. The zero-order chi connectivity index (χ0) is 11.7. The van der Waals surface area contributed by atoms with Crippen molar-refractivity contribution in [2.45, 2.75) is 18.6 Å². The van der Waals surface area contributed by atoms with Gasteiger partial charge in [0.2, 0.25) is 0 Å². The van der Waals surface area contributed by atoms with Crippen LogP contribution in [0.4, 0.5) is 0 Å². The summed E-state index contributed by atoms with van der Waals surface area (Å²) in [5.41, 5.74) is 0. The topological polar surface area (TPSA) is 51.9 Å². The summed E-state index contributed by atoms with van der Waals surface area (Å²) in [5, 5.41) is 0. The molecule has 0 aliphatic carbocycles. The highest BCUT2D eigenvalue weighted by Crippen LogP contribution is 2.30. The molecule has 0 bridgehead atoms. The van der Waals surface area contributed by atoms with Gasteiger partial charge in [0.15, 0.2) is 11.5 Å². The van der Waals surface area contributed by atoms with Gasteiger partial charge in [0.05, 0.1) is 26.0 Å². The van der Waals surface area contributed by atoms with Crippen LogP contribution in [0.2, 0.25) is 0 Å². The largest absolute Gasteiger partial charge is 0.459 e. The molecule has 5 nitrogen and oxygen atoms in total. The van der Waals surface area contributed by atoms with Crippen molar-refractivity contribution in [3.05, 3.63) is 24.2 Å². The summed E-state index contributed by atoms with van der Waals surface area (Å²) >= 11 is 0. The van der Waals surface area contributed by atoms with Crippen molar-refractivity contribution in [1.29, 1.82) is 0 Å². The smallest absolute Gasteiger partial charge is 0.289 e. The first kappa shape index (κ1) is 10.8. The first-order chi connectivity index (χ1) is 8.29. The van der Waals surface area contributed by atoms with E-state index in [-0.39, 0.29) is 5.91 Å². The molecule has 1 aromatic heterocycles. The predicted molar refractivity (Wildman–Crippen MR) is 58.5 cm³/mol. The second kappa shape index (κ2) is 4.16. The molecule has 92 valence electrons. The van der Waals surface area contributed by atoms with Gasteiger partial charge in [-0.3, -0.25) is 4.79 Å². The lowest BCUT2D eigenvalue weighted by molar-refractivity contribution is -0.183. The summed E-state index contributed by atoms with van der Waals surface area (Å²) in [5.74, 6) is -0.284. The van der Waals surface area contributed by atoms with Crippen LogP contribution in [0, 0.1) is 0 Å². The minimum Gasteiger partial charge on any atom is -0.459 e. The molecule has 0 radical (unpaired) electrons.